The van der Waals surface area contributed by atoms with Crippen LogP contribution in [0.25, 0.3) is 10.9 Å². The average molecular weight is 498 g/mol. The SMILES string of the molecule is Cc1ccc(Cn2c(SCC(=O)N3CCC(Cc4ccccc4)CC3)nc3ccccc3c2=O)cc1. The van der Waals surface area contributed by atoms with Gasteiger partial charge >= 0.3 is 0 Å². The predicted molar refractivity (Wildman–Crippen MR) is 146 cm³/mol. The molecule has 0 N–H and O–H groups in total. The van der Waals surface area contributed by atoms with Gasteiger partial charge in [-0.15, -0.1) is 0 Å². The topological polar surface area (TPSA) is 55.2 Å². The highest BCUT2D eigenvalue weighted by Crippen LogP contribution is 2.24. The highest BCUT2D eigenvalue weighted by atomic mass is 32.2. The van der Waals surface area contributed by atoms with Crippen molar-refractivity contribution in [2.24, 2.45) is 5.92 Å². The molecule has 5 nitrogen and oxygen atoms in total. The summed E-state index contributed by atoms with van der Waals surface area (Å²) < 4.78 is 1.71. The van der Waals surface area contributed by atoms with Crippen molar-refractivity contribution in [2.75, 3.05) is 18.8 Å². The van der Waals surface area contributed by atoms with E-state index in [-0.39, 0.29) is 17.2 Å². The number of amides is 1. The van der Waals surface area contributed by atoms with Crippen LogP contribution in [0.2, 0.25) is 0 Å². The standard InChI is InChI=1S/C30H31N3O2S/c1-22-11-13-25(14-12-22)20-33-29(35)26-9-5-6-10-27(26)31-30(33)36-21-28(34)32-17-15-24(16-18-32)19-23-7-3-2-4-8-23/h2-14,24H,15-21H2,1H3. The maximum atomic E-state index is 13.4. The van der Waals surface area contributed by atoms with Gasteiger partial charge in [-0.2, -0.15) is 0 Å². The monoisotopic (exact) mass is 497 g/mol. The molecule has 1 aliphatic heterocycles. The summed E-state index contributed by atoms with van der Waals surface area (Å²) in [5, 5.41) is 1.19. The zero-order valence-corrected chi connectivity index (χ0v) is 21.4. The molecule has 5 rings (SSSR count). The fraction of sp³-hybridized carbons (Fsp3) is 0.300. The molecule has 0 radical (unpaired) electrons. The van der Waals surface area contributed by atoms with E-state index in [1.54, 1.807) is 4.57 Å². The second kappa shape index (κ2) is 11.1. The zero-order valence-electron chi connectivity index (χ0n) is 20.6. The van der Waals surface area contributed by atoms with Crippen molar-refractivity contribution in [2.45, 2.75) is 37.9 Å². The number of carbonyl (C=O) groups excluding carboxylic acids is 1. The maximum absolute atomic E-state index is 13.4. The summed E-state index contributed by atoms with van der Waals surface area (Å²) in [7, 11) is 0. The van der Waals surface area contributed by atoms with Crippen molar-refractivity contribution in [3.63, 3.8) is 0 Å². The number of aromatic nitrogens is 2. The summed E-state index contributed by atoms with van der Waals surface area (Å²) in [5.74, 6) is 1.01. The number of benzene rings is 3. The summed E-state index contributed by atoms with van der Waals surface area (Å²) in [6, 6.07) is 26.2. The summed E-state index contributed by atoms with van der Waals surface area (Å²) >= 11 is 1.36. The van der Waals surface area contributed by atoms with Crippen molar-refractivity contribution in [3.05, 3.63) is 106 Å². The molecule has 1 aliphatic rings. The molecule has 1 saturated heterocycles. The molecule has 36 heavy (non-hydrogen) atoms. The number of likely N-dealkylation sites (tertiary alicyclic amines) is 1. The third kappa shape index (κ3) is 5.71. The molecule has 1 amide bonds. The lowest BCUT2D eigenvalue weighted by molar-refractivity contribution is -0.129. The van der Waals surface area contributed by atoms with E-state index < -0.39 is 0 Å². The van der Waals surface area contributed by atoms with Crippen molar-refractivity contribution in [3.8, 4) is 0 Å². The number of nitrogens with zero attached hydrogens (tertiary/aromatic N) is 3. The maximum Gasteiger partial charge on any atom is 0.262 e. The Labute approximate surface area is 216 Å². The highest BCUT2D eigenvalue weighted by Gasteiger charge is 2.23. The Morgan fingerprint density at radius 2 is 1.61 bits per heavy atom. The van der Waals surface area contributed by atoms with E-state index >= 15 is 0 Å². The molecule has 4 aromatic rings. The van der Waals surface area contributed by atoms with Gasteiger partial charge in [0, 0.05) is 13.1 Å². The molecule has 0 aliphatic carbocycles. The van der Waals surface area contributed by atoms with Crippen LogP contribution in [0.15, 0.2) is 88.8 Å². The Morgan fingerprint density at radius 3 is 2.36 bits per heavy atom. The summed E-state index contributed by atoms with van der Waals surface area (Å²) in [4.78, 5) is 33.2. The number of fused-ring (bicyclic) bond motifs is 1. The van der Waals surface area contributed by atoms with E-state index in [2.05, 4.69) is 24.3 Å². The molecule has 0 atom stereocenters. The van der Waals surface area contributed by atoms with Crippen LogP contribution in [0, 0.1) is 12.8 Å². The van der Waals surface area contributed by atoms with Crippen LogP contribution in [0.4, 0.5) is 0 Å². The number of hydrogen-bond donors (Lipinski definition) is 0. The second-order valence-corrected chi connectivity index (χ2v) is 10.5. The van der Waals surface area contributed by atoms with Crippen LogP contribution in [0.5, 0.6) is 0 Å². The van der Waals surface area contributed by atoms with Gasteiger partial charge in [0.2, 0.25) is 5.91 Å². The first-order chi connectivity index (χ1) is 17.6. The number of rotatable bonds is 7. The Morgan fingerprint density at radius 1 is 0.917 bits per heavy atom. The van der Waals surface area contributed by atoms with Crippen LogP contribution in [-0.4, -0.2) is 39.2 Å². The molecule has 2 heterocycles. The van der Waals surface area contributed by atoms with Crippen LogP contribution < -0.4 is 5.56 Å². The van der Waals surface area contributed by atoms with Crippen molar-refractivity contribution >= 4 is 28.6 Å². The van der Waals surface area contributed by atoms with Crippen LogP contribution in [0.3, 0.4) is 0 Å². The lowest BCUT2D eigenvalue weighted by Gasteiger charge is -2.32. The lowest BCUT2D eigenvalue weighted by atomic mass is 9.90. The van der Waals surface area contributed by atoms with E-state index in [1.807, 2.05) is 66.4 Å². The van der Waals surface area contributed by atoms with Gasteiger partial charge in [-0.3, -0.25) is 14.2 Å². The first-order valence-corrected chi connectivity index (χ1v) is 13.5. The van der Waals surface area contributed by atoms with E-state index in [0.717, 1.165) is 37.9 Å². The molecule has 0 bridgehead atoms. The normalized spacial score (nSPS) is 14.3. The van der Waals surface area contributed by atoms with Crippen LogP contribution in [-0.2, 0) is 17.8 Å². The van der Waals surface area contributed by atoms with Crippen LogP contribution >= 0.6 is 11.8 Å². The molecule has 6 heteroatoms. The fourth-order valence-corrected chi connectivity index (χ4v) is 5.73. The third-order valence-electron chi connectivity index (χ3n) is 6.95. The predicted octanol–water partition coefficient (Wildman–Crippen LogP) is 5.33. The van der Waals surface area contributed by atoms with Crippen LogP contribution in [0.1, 0.15) is 29.5 Å². The third-order valence-corrected chi connectivity index (χ3v) is 7.91. The molecule has 0 spiro atoms. The molecular weight excluding hydrogens is 466 g/mol. The van der Waals surface area contributed by atoms with E-state index in [4.69, 9.17) is 4.98 Å². The Balaban J connectivity index is 1.27. The Bertz CT molecular complexity index is 1390. The molecule has 1 fully saturated rings. The highest BCUT2D eigenvalue weighted by molar-refractivity contribution is 7.99. The second-order valence-electron chi connectivity index (χ2n) is 9.59. The number of aryl methyl sites for hydroxylation is 1. The summed E-state index contributed by atoms with van der Waals surface area (Å²) in [5.41, 5.74) is 4.17. The molecular formula is C30H31N3O2S. The number of piperidine rings is 1. The Hall–Kier alpha value is -3.38. The van der Waals surface area contributed by atoms with E-state index in [0.29, 0.717) is 28.5 Å². The van der Waals surface area contributed by atoms with Gasteiger partial charge in [-0.1, -0.05) is 84.1 Å². The first kappa shape index (κ1) is 24.3. The van der Waals surface area contributed by atoms with Gasteiger partial charge in [-0.25, -0.2) is 4.98 Å². The molecule has 0 saturated carbocycles. The van der Waals surface area contributed by atoms with Crippen molar-refractivity contribution in [1.29, 1.82) is 0 Å². The van der Waals surface area contributed by atoms with Gasteiger partial charge in [0.05, 0.1) is 23.2 Å². The van der Waals surface area contributed by atoms with Gasteiger partial charge in [0.25, 0.3) is 5.56 Å². The van der Waals surface area contributed by atoms with Crippen molar-refractivity contribution < 1.29 is 4.79 Å². The molecule has 3 aromatic carbocycles. The largest absolute Gasteiger partial charge is 0.342 e. The van der Waals surface area contributed by atoms with Gasteiger partial charge in [0.15, 0.2) is 5.16 Å². The van der Waals surface area contributed by atoms with E-state index in [1.165, 1.54) is 22.9 Å². The summed E-state index contributed by atoms with van der Waals surface area (Å²) in [6.07, 6.45) is 3.12. The van der Waals surface area contributed by atoms with E-state index in [9.17, 15) is 9.59 Å². The van der Waals surface area contributed by atoms with Crippen molar-refractivity contribution in [1.82, 2.24) is 14.5 Å². The molecule has 0 unspecified atom stereocenters. The van der Waals surface area contributed by atoms with Gasteiger partial charge < -0.3 is 4.90 Å². The summed E-state index contributed by atoms with van der Waals surface area (Å²) in [6.45, 7) is 4.06. The quantitative estimate of drug-likeness (QED) is 0.256. The minimum atomic E-state index is -0.0714. The fourth-order valence-electron chi connectivity index (χ4n) is 4.82. The lowest BCUT2D eigenvalue weighted by Crippen LogP contribution is -2.40. The number of carbonyl (C=O) groups is 1. The number of para-hydroxylation sites is 1. The molecule has 184 valence electrons. The first-order valence-electron chi connectivity index (χ1n) is 12.6. The zero-order chi connectivity index (χ0) is 24.9. The molecule has 1 aromatic heterocycles. The number of hydrogen-bond acceptors (Lipinski definition) is 4. The Kier molecular flexibility index (Phi) is 7.52. The van der Waals surface area contributed by atoms with Gasteiger partial charge in [-0.05, 0) is 55.4 Å². The smallest absolute Gasteiger partial charge is 0.262 e. The number of thioether (sulfide) groups is 1. The van der Waals surface area contributed by atoms with Gasteiger partial charge in [0.1, 0.15) is 0 Å². The minimum absolute atomic E-state index is 0.0714. The average Bonchev–Trinajstić information content (AvgIpc) is 2.91. The minimum Gasteiger partial charge on any atom is -0.342 e.